The van der Waals surface area contributed by atoms with Crippen molar-refractivity contribution in [3.8, 4) is 0 Å². The summed E-state index contributed by atoms with van der Waals surface area (Å²) >= 11 is 0. The highest BCUT2D eigenvalue weighted by molar-refractivity contribution is 7.97. The van der Waals surface area contributed by atoms with Crippen LogP contribution in [0, 0.1) is 0 Å². The largest absolute Gasteiger partial charge is 0.452 e. The van der Waals surface area contributed by atoms with Crippen molar-refractivity contribution in [3.63, 3.8) is 0 Å². The zero-order valence-corrected chi connectivity index (χ0v) is 17.5. The monoisotopic (exact) mass is 452 g/mol. The van der Waals surface area contributed by atoms with Crippen LogP contribution in [-0.4, -0.2) is 18.8 Å². The molecule has 32 heavy (non-hydrogen) atoms. The van der Waals surface area contributed by atoms with Gasteiger partial charge in [0.05, 0.1) is 11.4 Å². The van der Waals surface area contributed by atoms with Gasteiger partial charge in [-0.2, -0.15) is 13.2 Å². The molecule has 0 saturated carbocycles. The first-order valence-electron chi connectivity index (χ1n) is 9.87. The molecular weight excluding hydrogens is 435 g/mol. The fourth-order valence-corrected chi connectivity index (χ4v) is 6.20. The van der Waals surface area contributed by atoms with Crippen LogP contribution in [0.25, 0.3) is 10.8 Å². The van der Waals surface area contributed by atoms with Crippen LogP contribution in [0.4, 0.5) is 24.5 Å². The van der Waals surface area contributed by atoms with E-state index in [0.29, 0.717) is 4.90 Å². The van der Waals surface area contributed by atoms with Crippen LogP contribution in [0.15, 0.2) is 99.6 Å². The van der Waals surface area contributed by atoms with Gasteiger partial charge in [0.15, 0.2) is 21.3 Å². The van der Waals surface area contributed by atoms with Gasteiger partial charge in [-0.3, -0.25) is 0 Å². The number of hydrogen-bond acceptors (Lipinski definition) is 3. The number of anilines is 2. The lowest BCUT2D eigenvalue weighted by molar-refractivity contribution is -0.161. The third-order valence-corrected chi connectivity index (χ3v) is 7.51. The van der Waals surface area contributed by atoms with E-state index in [1.165, 1.54) is 6.07 Å². The highest BCUT2D eigenvalue weighted by Crippen LogP contribution is 2.46. The molecule has 1 heterocycles. The first-order valence-corrected chi connectivity index (χ1v) is 11.1. The second-order valence-corrected chi connectivity index (χ2v) is 9.24. The molecule has 1 aliphatic rings. The van der Waals surface area contributed by atoms with Crippen molar-refractivity contribution in [2.24, 2.45) is 0 Å². The number of alkyl halides is 3. The molecule has 1 N–H and O–H groups in total. The van der Waals surface area contributed by atoms with E-state index in [1.807, 2.05) is 48.5 Å². The third-order valence-electron chi connectivity index (χ3n) is 5.14. The Labute approximate surface area is 185 Å². The number of rotatable bonds is 3. The van der Waals surface area contributed by atoms with Crippen molar-refractivity contribution < 1.29 is 22.7 Å². The Morgan fingerprint density at radius 2 is 1.41 bits per heavy atom. The van der Waals surface area contributed by atoms with Gasteiger partial charge in [-0.1, -0.05) is 48.5 Å². The quantitative estimate of drug-likeness (QED) is 0.244. The Bertz CT molecular complexity index is 1340. The Morgan fingerprint density at radius 1 is 0.781 bits per heavy atom. The van der Waals surface area contributed by atoms with Crippen LogP contribution in [0.1, 0.15) is 10.4 Å². The first kappa shape index (κ1) is 20.5. The molecule has 0 bridgehead atoms. The normalized spacial score (nSPS) is 14.9. The summed E-state index contributed by atoms with van der Waals surface area (Å²) in [4.78, 5) is 15.2. The fraction of sp³-hybridized carbons (Fsp3) is 0.0800. The minimum Gasteiger partial charge on any atom is -0.452 e. The van der Waals surface area contributed by atoms with Crippen LogP contribution in [0.2, 0.25) is 0 Å². The van der Waals surface area contributed by atoms with Gasteiger partial charge in [-0.25, -0.2) is 4.79 Å². The molecule has 3 nitrogen and oxygen atoms in total. The van der Waals surface area contributed by atoms with Gasteiger partial charge in [-0.05, 0) is 41.1 Å². The summed E-state index contributed by atoms with van der Waals surface area (Å²) in [6.07, 6.45) is -4.58. The number of carbonyl (C=O) groups is 1. The second-order valence-electron chi connectivity index (χ2n) is 7.31. The molecule has 0 spiro atoms. The number of para-hydroxylation sites is 1. The molecule has 0 aliphatic carbocycles. The minimum atomic E-state index is -4.58. The summed E-state index contributed by atoms with van der Waals surface area (Å²) in [5.41, 5.74) is 1.94. The smallest absolute Gasteiger partial charge is 0.422 e. The molecule has 0 amide bonds. The maximum Gasteiger partial charge on any atom is 0.422 e. The van der Waals surface area contributed by atoms with Crippen LogP contribution >= 0.6 is 0 Å². The highest BCUT2D eigenvalue weighted by atomic mass is 32.2. The molecule has 0 saturated heterocycles. The summed E-state index contributed by atoms with van der Waals surface area (Å²) in [5.74, 6) is -0.983. The number of halogens is 3. The minimum absolute atomic E-state index is 0.135. The molecule has 7 heteroatoms. The molecule has 0 radical (unpaired) electrons. The standard InChI is InChI=1S/C25H17F3NO2S/c26-25(27,28)15-31-24(30)18-9-3-5-11-21(18)32-22-12-6-4-10-19(22)29-20-13-16-7-1-2-8-17(16)14-23(20)32/h1-14,29H,15H2/q+1. The van der Waals surface area contributed by atoms with Crippen molar-refractivity contribution in [2.45, 2.75) is 20.9 Å². The van der Waals surface area contributed by atoms with E-state index in [1.54, 1.807) is 18.2 Å². The van der Waals surface area contributed by atoms with E-state index in [-0.39, 0.29) is 5.56 Å². The van der Waals surface area contributed by atoms with Crippen molar-refractivity contribution in [2.75, 3.05) is 11.9 Å². The summed E-state index contributed by atoms with van der Waals surface area (Å²) in [6, 6.07) is 26.6. The summed E-state index contributed by atoms with van der Waals surface area (Å²) in [6.45, 7) is -1.62. The summed E-state index contributed by atoms with van der Waals surface area (Å²) < 4.78 is 42.5. The van der Waals surface area contributed by atoms with Crippen LogP contribution in [0.3, 0.4) is 0 Å². The van der Waals surface area contributed by atoms with E-state index in [4.69, 9.17) is 0 Å². The van der Waals surface area contributed by atoms with E-state index in [9.17, 15) is 18.0 Å². The lowest BCUT2D eigenvalue weighted by Crippen LogP contribution is -2.22. The Kier molecular flexibility index (Phi) is 5.06. The molecule has 5 rings (SSSR count). The average Bonchev–Trinajstić information content (AvgIpc) is 2.79. The van der Waals surface area contributed by atoms with Crippen LogP contribution < -0.4 is 5.32 Å². The van der Waals surface area contributed by atoms with Gasteiger partial charge in [0.2, 0.25) is 0 Å². The van der Waals surface area contributed by atoms with Gasteiger partial charge in [0, 0.05) is 6.07 Å². The molecule has 4 aromatic rings. The lowest BCUT2D eigenvalue weighted by atomic mass is 10.1. The summed E-state index contributed by atoms with van der Waals surface area (Å²) in [5, 5.41) is 5.58. The number of ether oxygens (including phenoxy) is 1. The number of hydrogen-bond donors (Lipinski definition) is 1. The zero-order chi connectivity index (χ0) is 22.3. The maximum atomic E-state index is 12.7. The Morgan fingerprint density at radius 3 is 2.16 bits per heavy atom. The van der Waals surface area contributed by atoms with Gasteiger partial charge in [0.1, 0.15) is 16.5 Å². The molecule has 0 fully saturated rings. The van der Waals surface area contributed by atoms with E-state index in [0.717, 1.165) is 31.9 Å². The predicted octanol–water partition coefficient (Wildman–Crippen LogP) is 6.71. The van der Waals surface area contributed by atoms with Crippen molar-refractivity contribution >= 4 is 39.0 Å². The molecule has 1 atom stereocenters. The number of benzene rings is 4. The molecular formula is C25H17F3NO2S+. The lowest BCUT2D eigenvalue weighted by Gasteiger charge is -2.22. The van der Waals surface area contributed by atoms with Gasteiger partial charge < -0.3 is 10.1 Å². The predicted molar refractivity (Wildman–Crippen MR) is 119 cm³/mol. The average molecular weight is 452 g/mol. The van der Waals surface area contributed by atoms with E-state index >= 15 is 0 Å². The van der Waals surface area contributed by atoms with E-state index in [2.05, 4.69) is 22.2 Å². The van der Waals surface area contributed by atoms with Gasteiger partial charge >= 0.3 is 12.1 Å². The number of fused-ring (bicyclic) bond motifs is 3. The van der Waals surface area contributed by atoms with E-state index < -0.39 is 29.6 Å². The number of nitrogens with one attached hydrogen (secondary N) is 1. The fourth-order valence-electron chi connectivity index (χ4n) is 3.77. The van der Waals surface area contributed by atoms with Gasteiger partial charge in [0.25, 0.3) is 0 Å². The molecule has 0 aromatic heterocycles. The number of esters is 1. The van der Waals surface area contributed by atoms with Crippen LogP contribution in [0.5, 0.6) is 0 Å². The zero-order valence-electron chi connectivity index (χ0n) is 16.6. The Hall–Kier alpha value is -3.45. The first-order chi connectivity index (χ1) is 15.4. The SMILES string of the molecule is O=C(OCC(F)(F)F)c1ccccc1[S+]1c2ccccc2Nc2cc3ccccc3cc21. The van der Waals surface area contributed by atoms with Crippen molar-refractivity contribution in [1.29, 1.82) is 0 Å². The molecule has 1 unspecified atom stereocenters. The molecule has 1 aliphatic heterocycles. The molecule has 4 aromatic carbocycles. The highest BCUT2D eigenvalue weighted by Gasteiger charge is 2.41. The Balaban J connectivity index is 1.68. The molecule has 160 valence electrons. The van der Waals surface area contributed by atoms with Crippen molar-refractivity contribution in [1.82, 2.24) is 0 Å². The third kappa shape index (κ3) is 3.80. The van der Waals surface area contributed by atoms with Gasteiger partial charge in [-0.15, -0.1) is 0 Å². The maximum absolute atomic E-state index is 12.7. The van der Waals surface area contributed by atoms with Crippen LogP contribution in [-0.2, 0) is 15.6 Å². The summed E-state index contributed by atoms with van der Waals surface area (Å²) in [7, 11) is -0.715. The topological polar surface area (TPSA) is 38.3 Å². The second kappa shape index (κ2) is 7.91. The number of carbonyl (C=O) groups excluding carboxylic acids is 1. The van der Waals surface area contributed by atoms with Crippen molar-refractivity contribution in [3.05, 3.63) is 90.5 Å².